The Kier molecular flexibility index (Phi) is 4.84. The number of amidine groups is 1. The van der Waals surface area contributed by atoms with Gasteiger partial charge in [0, 0.05) is 25.0 Å². The van der Waals surface area contributed by atoms with Crippen LogP contribution in [0, 0.1) is 11.8 Å². The summed E-state index contributed by atoms with van der Waals surface area (Å²) < 4.78 is 5.68. The van der Waals surface area contributed by atoms with Crippen molar-refractivity contribution >= 4 is 5.84 Å². The van der Waals surface area contributed by atoms with Crippen LogP contribution in [-0.2, 0) is 4.74 Å². The van der Waals surface area contributed by atoms with Crippen LogP contribution in [0.15, 0.2) is 4.99 Å². The van der Waals surface area contributed by atoms with E-state index in [0.717, 1.165) is 31.8 Å². The Morgan fingerprint density at radius 1 is 1.24 bits per heavy atom. The van der Waals surface area contributed by atoms with Gasteiger partial charge in [-0.1, -0.05) is 26.2 Å². The van der Waals surface area contributed by atoms with Gasteiger partial charge in [0.25, 0.3) is 0 Å². The van der Waals surface area contributed by atoms with Crippen molar-refractivity contribution in [2.45, 2.75) is 58.0 Å². The number of nitrogens with zero attached hydrogens (tertiary/aromatic N) is 1. The number of nitrogens with two attached hydrogens (primary N) is 1. The van der Waals surface area contributed by atoms with Crippen LogP contribution in [0.5, 0.6) is 0 Å². The quantitative estimate of drug-likeness (QED) is 0.604. The largest absolute Gasteiger partial charge is 0.387 e. The maximum absolute atomic E-state index is 6.12. The molecule has 3 nitrogen and oxygen atoms in total. The maximum Gasteiger partial charge on any atom is 0.0968 e. The smallest absolute Gasteiger partial charge is 0.0968 e. The van der Waals surface area contributed by atoms with Crippen LogP contribution in [0.3, 0.4) is 0 Å². The molecule has 1 saturated carbocycles. The van der Waals surface area contributed by atoms with Gasteiger partial charge in [0.05, 0.1) is 11.9 Å². The molecule has 1 aliphatic heterocycles. The van der Waals surface area contributed by atoms with Crippen molar-refractivity contribution in [1.82, 2.24) is 0 Å². The number of hydrogen-bond acceptors (Lipinski definition) is 2. The lowest BCUT2D eigenvalue weighted by atomic mass is 9.88. The van der Waals surface area contributed by atoms with Gasteiger partial charge in [0.15, 0.2) is 0 Å². The Morgan fingerprint density at radius 3 is 2.71 bits per heavy atom. The molecule has 1 heterocycles. The summed E-state index contributed by atoms with van der Waals surface area (Å²) in [6, 6.07) is 0. The van der Waals surface area contributed by atoms with Crippen LogP contribution in [0.25, 0.3) is 0 Å². The van der Waals surface area contributed by atoms with Gasteiger partial charge in [-0.3, -0.25) is 4.99 Å². The van der Waals surface area contributed by atoms with Gasteiger partial charge in [-0.05, 0) is 25.7 Å². The summed E-state index contributed by atoms with van der Waals surface area (Å²) in [5, 5.41) is 0. The van der Waals surface area contributed by atoms with Gasteiger partial charge < -0.3 is 10.5 Å². The average molecular weight is 238 g/mol. The predicted molar refractivity (Wildman–Crippen MR) is 71.2 cm³/mol. The van der Waals surface area contributed by atoms with Crippen molar-refractivity contribution in [3.05, 3.63) is 0 Å². The molecule has 17 heavy (non-hydrogen) atoms. The highest BCUT2D eigenvalue weighted by Crippen LogP contribution is 2.26. The third-order valence-electron chi connectivity index (χ3n) is 4.28. The lowest BCUT2D eigenvalue weighted by Crippen LogP contribution is -2.27. The molecule has 2 unspecified atom stereocenters. The van der Waals surface area contributed by atoms with Crippen molar-refractivity contribution in [3.63, 3.8) is 0 Å². The summed E-state index contributed by atoms with van der Waals surface area (Å²) in [5.74, 6) is 2.07. The van der Waals surface area contributed by atoms with Crippen LogP contribution in [0.1, 0.15) is 51.9 Å². The van der Waals surface area contributed by atoms with E-state index in [2.05, 4.69) is 11.9 Å². The van der Waals surface area contributed by atoms with E-state index in [1.807, 2.05) is 0 Å². The predicted octanol–water partition coefficient (Wildman–Crippen LogP) is 2.74. The first-order chi connectivity index (χ1) is 8.31. The third kappa shape index (κ3) is 3.44. The summed E-state index contributed by atoms with van der Waals surface area (Å²) in [7, 11) is 0. The maximum atomic E-state index is 6.12. The summed E-state index contributed by atoms with van der Waals surface area (Å²) >= 11 is 0. The van der Waals surface area contributed by atoms with E-state index >= 15 is 0 Å². The molecule has 98 valence electrons. The highest BCUT2D eigenvalue weighted by atomic mass is 16.5. The molecule has 0 aromatic heterocycles. The SMILES string of the molecule is CCC1OCCC1CN=C(N)C1CCCCC1. The Balaban J connectivity index is 1.82. The second kappa shape index (κ2) is 6.39. The summed E-state index contributed by atoms with van der Waals surface area (Å²) in [4.78, 5) is 4.64. The Bertz CT molecular complexity index is 259. The molecule has 2 atom stereocenters. The zero-order chi connectivity index (χ0) is 12.1. The molecule has 2 aliphatic rings. The molecular formula is C14H26N2O. The van der Waals surface area contributed by atoms with Gasteiger partial charge in [0.1, 0.15) is 0 Å². The standard InChI is InChI=1S/C14H26N2O/c1-2-13-12(8-9-17-13)10-16-14(15)11-6-4-3-5-7-11/h11-13H,2-10H2,1H3,(H2,15,16). The van der Waals surface area contributed by atoms with Crippen molar-refractivity contribution in [3.8, 4) is 0 Å². The van der Waals surface area contributed by atoms with Crippen LogP contribution in [-0.4, -0.2) is 25.1 Å². The van der Waals surface area contributed by atoms with Crippen LogP contribution < -0.4 is 5.73 Å². The fraction of sp³-hybridized carbons (Fsp3) is 0.929. The van der Waals surface area contributed by atoms with Gasteiger partial charge >= 0.3 is 0 Å². The molecule has 2 rings (SSSR count). The van der Waals surface area contributed by atoms with Crippen LogP contribution >= 0.6 is 0 Å². The molecule has 0 spiro atoms. The number of hydrogen-bond donors (Lipinski definition) is 1. The molecule has 1 saturated heterocycles. The van der Waals surface area contributed by atoms with Gasteiger partial charge in [-0.25, -0.2) is 0 Å². The summed E-state index contributed by atoms with van der Waals surface area (Å²) in [6.07, 6.45) is 9.18. The minimum Gasteiger partial charge on any atom is -0.387 e. The first-order valence-corrected chi connectivity index (χ1v) is 7.22. The zero-order valence-corrected chi connectivity index (χ0v) is 11.0. The topological polar surface area (TPSA) is 47.6 Å². The van der Waals surface area contributed by atoms with E-state index in [4.69, 9.17) is 10.5 Å². The normalized spacial score (nSPS) is 31.9. The highest BCUT2D eigenvalue weighted by Gasteiger charge is 2.26. The average Bonchev–Trinajstić information content (AvgIpc) is 2.84. The minimum atomic E-state index is 0.415. The molecule has 2 fully saturated rings. The Morgan fingerprint density at radius 2 is 2.00 bits per heavy atom. The highest BCUT2D eigenvalue weighted by molar-refractivity contribution is 5.82. The first kappa shape index (κ1) is 12.9. The molecule has 0 bridgehead atoms. The van der Waals surface area contributed by atoms with Gasteiger partial charge in [-0.2, -0.15) is 0 Å². The first-order valence-electron chi connectivity index (χ1n) is 7.22. The van der Waals surface area contributed by atoms with E-state index in [1.165, 1.54) is 32.1 Å². The van der Waals surface area contributed by atoms with Crippen molar-refractivity contribution in [2.24, 2.45) is 22.6 Å². The van der Waals surface area contributed by atoms with Crippen molar-refractivity contribution in [2.75, 3.05) is 13.2 Å². The molecule has 0 aromatic rings. The molecule has 2 N–H and O–H groups in total. The second-order valence-corrected chi connectivity index (χ2v) is 5.47. The van der Waals surface area contributed by atoms with E-state index in [0.29, 0.717) is 17.9 Å². The molecular weight excluding hydrogens is 212 g/mol. The molecule has 0 amide bonds. The third-order valence-corrected chi connectivity index (χ3v) is 4.28. The van der Waals surface area contributed by atoms with E-state index in [1.54, 1.807) is 0 Å². The van der Waals surface area contributed by atoms with E-state index in [9.17, 15) is 0 Å². The van der Waals surface area contributed by atoms with Crippen molar-refractivity contribution < 1.29 is 4.74 Å². The van der Waals surface area contributed by atoms with Gasteiger partial charge in [0.2, 0.25) is 0 Å². The minimum absolute atomic E-state index is 0.415. The lowest BCUT2D eigenvalue weighted by Gasteiger charge is -2.22. The fourth-order valence-corrected chi connectivity index (χ4v) is 3.10. The Hall–Kier alpha value is -0.570. The second-order valence-electron chi connectivity index (χ2n) is 5.47. The monoisotopic (exact) mass is 238 g/mol. The number of ether oxygens (including phenoxy) is 1. The summed E-state index contributed by atoms with van der Waals surface area (Å²) in [5.41, 5.74) is 6.12. The molecule has 1 aliphatic carbocycles. The van der Waals surface area contributed by atoms with E-state index in [-0.39, 0.29) is 0 Å². The van der Waals surface area contributed by atoms with Gasteiger partial charge in [-0.15, -0.1) is 0 Å². The number of aliphatic imine (C=N–C) groups is 1. The van der Waals surface area contributed by atoms with Crippen LogP contribution in [0.4, 0.5) is 0 Å². The Labute approximate surface area is 105 Å². The fourth-order valence-electron chi connectivity index (χ4n) is 3.10. The zero-order valence-electron chi connectivity index (χ0n) is 11.0. The lowest BCUT2D eigenvalue weighted by molar-refractivity contribution is 0.0892. The van der Waals surface area contributed by atoms with Crippen LogP contribution in [0.2, 0.25) is 0 Å². The van der Waals surface area contributed by atoms with E-state index < -0.39 is 0 Å². The molecule has 0 aromatic carbocycles. The number of rotatable bonds is 4. The molecule has 0 radical (unpaired) electrons. The summed E-state index contributed by atoms with van der Waals surface area (Å²) in [6.45, 7) is 3.97. The van der Waals surface area contributed by atoms with Crippen molar-refractivity contribution in [1.29, 1.82) is 0 Å². The molecule has 3 heteroatoms.